The number of nitrogens with zero attached hydrogens (tertiary/aromatic N) is 1. The van der Waals surface area contributed by atoms with Crippen molar-refractivity contribution in [1.29, 1.82) is 0 Å². The van der Waals surface area contributed by atoms with Crippen LogP contribution in [0.1, 0.15) is 20.7 Å². The fraction of sp³-hybridized carbons (Fsp3) is 0.0909. The number of methoxy groups -OCH3 is 1. The molecule has 2 amide bonds. The van der Waals surface area contributed by atoms with Crippen LogP contribution in [-0.2, 0) is 9.84 Å². The molecule has 0 radical (unpaired) electrons. The number of ether oxygens (including phenoxy) is 1. The smallest absolute Gasteiger partial charge is 0.271 e. The Balaban J connectivity index is 1.90. The fourth-order valence-corrected chi connectivity index (χ4v) is 3.59. The van der Waals surface area contributed by atoms with Gasteiger partial charge in [0, 0.05) is 35.7 Å². The van der Waals surface area contributed by atoms with Crippen molar-refractivity contribution in [2.75, 3.05) is 24.0 Å². The van der Waals surface area contributed by atoms with Crippen molar-refractivity contribution in [2.45, 2.75) is 4.90 Å². The molecule has 3 aromatic carbocycles. The highest BCUT2D eigenvalue weighted by molar-refractivity contribution is 7.90. The Bertz CT molecular complexity index is 1350. The zero-order valence-electron chi connectivity index (χ0n) is 17.6. The third kappa shape index (κ3) is 5.71. The summed E-state index contributed by atoms with van der Waals surface area (Å²) in [5.41, 5.74) is -0.0607. The lowest BCUT2D eigenvalue weighted by atomic mass is 10.1. The summed E-state index contributed by atoms with van der Waals surface area (Å²) in [5, 5.41) is 16.4. The van der Waals surface area contributed by atoms with Crippen LogP contribution in [0.3, 0.4) is 0 Å². The van der Waals surface area contributed by atoms with Crippen LogP contribution in [0.4, 0.5) is 17.1 Å². The number of rotatable bonds is 7. The Morgan fingerprint density at radius 3 is 2.33 bits per heavy atom. The summed E-state index contributed by atoms with van der Waals surface area (Å²) in [7, 11) is -2.31. The molecule has 3 rings (SSSR count). The molecule has 0 aliphatic carbocycles. The van der Waals surface area contributed by atoms with Gasteiger partial charge in [0.25, 0.3) is 17.5 Å². The van der Waals surface area contributed by atoms with Gasteiger partial charge in [0.2, 0.25) is 0 Å². The highest BCUT2D eigenvalue weighted by Crippen LogP contribution is 2.24. The van der Waals surface area contributed by atoms with Gasteiger partial charge in [0.05, 0.1) is 28.2 Å². The minimum atomic E-state index is -3.81. The number of benzene rings is 3. The number of sulfone groups is 1. The molecule has 170 valence electrons. The number of hydrogen-bond acceptors (Lipinski definition) is 7. The fourth-order valence-electron chi connectivity index (χ4n) is 2.92. The molecule has 10 nitrogen and oxygen atoms in total. The molecule has 0 saturated heterocycles. The first-order valence-electron chi connectivity index (χ1n) is 9.44. The molecule has 2 N–H and O–H groups in total. The SMILES string of the molecule is COc1cccc(NC(=O)c2ccccc2NC(=O)c2cc([N+](=O)[O-])cc(S(C)(=O)=O)c2)c1. The summed E-state index contributed by atoms with van der Waals surface area (Å²) >= 11 is 0. The number of nitrogens with one attached hydrogen (secondary N) is 2. The lowest BCUT2D eigenvalue weighted by Gasteiger charge is -2.12. The molecule has 0 aliphatic rings. The molecule has 0 saturated carbocycles. The van der Waals surface area contributed by atoms with E-state index >= 15 is 0 Å². The molecular formula is C22H19N3O7S. The zero-order chi connectivity index (χ0) is 24.2. The summed E-state index contributed by atoms with van der Waals surface area (Å²) in [5.74, 6) is -0.790. The molecule has 0 fully saturated rings. The molecule has 0 bridgehead atoms. The molecular weight excluding hydrogens is 450 g/mol. The first-order valence-corrected chi connectivity index (χ1v) is 11.3. The quantitative estimate of drug-likeness (QED) is 0.398. The van der Waals surface area contributed by atoms with Crippen molar-refractivity contribution in [2.24, 2.45) is 0 Å². The van der Waals surface area contributed by atoms with Crippen LogP contribution >= 0.6 is 0 Å². The molecule has 33 heavy (non-hydrogen) atoms. The maximum atomic E-state index is 12.8. The lowest BCUT2D eigenvalue weighted by Crippen LogP contribution is -2.18. The van der Waals surface area contributed by atoms with E-state index in [9.17, 15) is 28.1 Å². The van der Waals surface area contributed by atoms with Crippen molar-refractivity contribution < 1.29 is 27.7 Å². The van der Waals surface area contributed by atoms with Gasteiger partial charge in [-0.1, -0.05) is 18.2 Å². The first-order chi connectivity index (χ1) is 15.6. The van der Waals surface area contributed by atoms with Crippen LogP contribution < -0.4 is 15.4 Å². The van der Waals surface area contributed by atoms with E-state index in [1.54, 1.807) is 36.4 Å². The highest BCUT2D eigenvalue weighted by atomic mass is 32.2. The van der Waals surface area contributed by atoms with E-state index in [2.05, 4.69) is 10.6 Å². The average molecular weight is 469 g/mol. The van der Waals surface area contributed by atoms with Gasteiger partial charge in [-0.2, -0.15) is 0 Å². The van der Waals surface area contributed by atoms with E-state index in [-0.39, 0.29) is 21.7 Å². The Labute approximate surface area is 189 Å². The predicted molar refractivity (Wildman–Crippen MR) is 122 cm³/mol. The van der Waals surface area contributed by atoms with Crippen molar-refractivity contribution >= 4 is 38.7 Å². The highest BCUT2D eigenvalue weighted by Gasteiger charge is 2.20. The summed E-state index contributed by atoms with van der Waals surface area (Å²) in [6.07, 6.45) is 0.881. The van der Waals surface area contributed by atoms with Gasteiger partial charge in [0.1, 0.15) is 5.75 Å². The van der Waals surface area contributed by atoms with E-state index < -0.39 is 32.3 Å². The van der Waals surface area contributed by atoms with Gasteiger partial charge in [-0.25, -0.2) is 8.42 Å². The van der Waals surface area contributed by atoms with Crippen LogP contribution in [0.25, 0.3) is 0 Å². The Morgan fingerprint density at radius 1 is 0.939 bits per heavy atom. The zero-order valence-corrected chi connectivity index (χ0v) is 18.4. The van der Waals surface area contributed by atoms with E-state index in [4.69, 9.17) is 4.74 Å². The number of nitro groups is 1. The molecule has 0 heterocycles. The van der Waals surface area contributed by atoms with Crippen LogP contribution in [0.2, 0.25) is 0 Å². The summed E-state index contributed by atoms with van der Waals surface area (Å²) in [6, 6.07) is 15.7. The Hall–Kier alpha value is -4.25. The second-order valence-electron chi connectivity index (χ2n) is 6.93. The van der Waals surface area contributed by atoms with Gasteiger partial charge in [-0.15, -0.1) is 0 Å². The topological polar surface area (TPSA) is 145 Å². The van der Waals surface area contributed by atoms with E-state index in [0.29, 0.717) is 11.4 Å². The van der Waals surface area contributed by atoms with Gasteiger partial charge in [-0.05, 0) is 30.3 Å². The van der Waals surface area contributed by atoms with Crippen molar-refractivity contribution in [3.63, 3.8) is 0 Å². The molecule has 0 unspecified atom stereocenters. The second-order valence-corrected chi connectivity index (χ2v) is 8.95. The standard InChI is InChI=1S/C22H19N3O7S/c1-32-17-7-5-6-15(12-17)23-22(27)19-8-3-4-9-20(19)24-21(26)14-10-16(25(28)29)13-18(11-14)33(2,30)31/h3-13H,1-2H3,(H,23,27)(H,24,26). The third-order valence-corrected chi connectivity index (χ3v) is 5.63. The monoisotopic (exact) mass is 469 g/mol. The summed E-state index contributed by atoms with van der Waals surface area (Å²) in [6.45, 7) is 0. The van der Waals surface area contributed by atoms with Gasteiger partial charge < -0.3 is 15.4 Å². The number of amides is 2. The summed E-state index contributed by atoms with van der Waals surface area (Å²) < 4.78 is 28.9. The maximum Gasteiger partial charge on any atom is 0.271 e. The molecule has 3 aromatic rings. The molecule has 11 heteroatoms. The number of non-ortho nitro benzene ring substituents is 1. The van der Waals surface area contributed by atoms with Crippen LogP contribution in [-0.4, -0.2) is 38.5 Å². The second kappa shape index (κ2) is 9.49. The number of para-hydroxylation sites is 1. The van der Waals surface area contributed by atoms with Gasteiger partial charge >= 0.3 is 0 Å². The van der Waals surface area contributed by atoms with Gasteiger partial charge in [-0.3, -0.25) is 19.7 Å². The van der Waals surface area contributed by atoms with Crippen LogP contribution in [0.15, 0.2) is 71.6 Å². The predicted octanol–water partition coefficient (Wildman–Crippen LogP) is 3.51. The minimum absolute atomic E-state index is 0.127. The van der Waals surface area contributed by atoms with E-state index in [1.807, 2.05) is 0 Å². The maximum absolute atomic E-state index is 12.8. The number of nitro benzene ring substituents is 1. The number of anilines is 2. The normalized spacial score (nSPS) is 10.8. The molecule has 0 aromatic heterocycles. The van der Waals surface area contributed by atoms with Crippen molar-refractivity contribution in [1.82, 2.24) is 0 Å². The Kier molecular flexibility index (Phi) is 6.73. The lowest BCUT2D eigenvalue weighted by molar-refractivity contribution is -0.385. The average Bonchev–Trinajstić information content (AvgIpc) is 2.78. The van der Waals surface area contributed by atoms with E-state index in [1.165, 1.54) is 19.2 Å². The number of carbonyl (C=O) groups is 2. The number of hydrogen-bond donors (Lipinski definition) is 2. The Morgan fingerprint density at radius 2 is 1.67 bits per heavy atom. The van der Waals surface area contributed by atoms with Gasteiger partial charge in [0.15, 0.2) is 9.84 Å². The molecule has 0 aliphatic heterocycles. The summed E-state index contributed by atoms with van der Waals surface area (Å²) in [4.78, 5) is 35.7. The number of carbonyl (C=O) groups excluding carboxylic acids is 2. The van der Waals surface area contributed by atoms with Crippen LogP contribution in [0.5, 0.6) is 5.75 Å². The largest absolute Gasteiger partial charge is 0.497 e. The first kappa shape index (κ1) is 23.4. The van der Waals surface area contributed by atoms with Crippen molar-refractivity contribution in [3.8, 4) is 5.75 Å². The van der Waals surface area contributed by atoms with Crippen LogP contribution in [0, 0.1) is 10.1 Å². The van der Waals surface area contributed by atoms with Crippen molar-refractivity contribution in [3.05, 3.63) is 88.0 Å². The minimum Gasteiger partial charge on any atom is -0.497 e. The molecule has 0 spiro atoms. The van der Waals surface area contributed by atoms with E-state index in [0.717, 1.165) is 24.5 Å². The molecule has 0 atom stereocenters. The third-order valence-electron chi connectivity index (χ3n) is 4.54.